The molecule has 0 atom stereocenters. The largest absolute Gasteiger partial charge is 0.377 e. The molecule has 1 aliphatic rings. The lowest BCUT2D eigenvalue weighted by Crippen LogP contribution is -2.35. The number of amides is 2. The normalized spacial score (nSPS) is 14.1. The zero-order chi connectivity index (χ0) is 21.1. The first-order chi connectivity index (χ1) is 13.0. The molecule has 0 unspecified atom stereocenters. The van der Waals surface area contributed by atoms with Crippen molar-refractivity contribution >= 4 is 23.2 Å². The van der Waals surface area contributed by atoms with E-state index in [1.54, 1.807) is 0 Å². The summed E-state index contributed by atoms with van der Waals surface area (Å²) in [6.45, 7) is 11.8. The highest BCUT2D eigenvalue weighted by Gasteiger charge is 2.33. The van der Waals surface area contributed by atoms with E-state index in [2.05, 4.69) is 44.8 Å². The van der Waals surface area contributed by atoms with Gasteiger partial charge in [0.2, 0.25) is 11.8 Å². The third kappa shape index (κ3) is 6.84. The molecule has 1 aliphatic carbocycles. The van der Waals surface area contributed by atoms with Gasteiger partial charge in [0.05, 0.1) is 0 Å². The molecule has 0 bridgehead atoms. The van der Waals surface area contributed by atoms with Gasteiger partial charge in [-0.2, -0.15) is 0 Å². The van der Waals surface area contributed by atoms with Crippen molar-refractivity contribution < 1.29 is 9.59 Å². The molecule has 28 heavy (non-hydrogen) atoms. The Bertz CT molecular complexity index is 700. The molecule has 1 fully saturated rings. The van der Waals surface area contributed by atoms with E-state index in [0.29, 0.717) is 18.9 Å². The maximum Gasteiger partial charge on any atom is 0.225 e. The Balaban J connectivity index is 2.23. The van der Waals surface area contributed by atoms with E-state index in [0.717, 1.165) is 36.3 Å². The standard InChI is InChI=1S/C23H37N3O2/c1-16(2)14-26(22(28)17-8-9-17)15-18-12-19(10-11-20(18)25(6)7)24-21(27)13-23(3,4)5/h10-12,16-17H,8-9,13-15H2,1-7H3,(H,24,27). The smallest absolute Gasteiger partial charge is 0.225 e. The van der Waals surface area contributed by atoms with Gasteiger partial charge in [0.25, 0.3) is 0 Å². The van der Waals surface area contributed by atoms with Crippen LogP contribution in [0.5, 0.6) is 0 Å². The maximum atomic E-state index is 12.8. The second-order valence-electron chi connectivity index (χ2n) is 9.91. The van der Waals surface area contributed by atoms with Crippen molar-refractivity contribution in [3.05, 3.63) is 23.8 Å². The van der Waals surface area contributed by atoms with Crippen LogP contribution in [0.1, 0.15) is 59.4 Å². The molecule has 1 N–H and O–H groups in total. The van der Waals surface area contributed by atoms with Gasteiger partial charge in [-0.25, -0.2) is 0 Å². The van der Waals surface area contributed by atoms with E-state index in [1.807, 2.05) is 37.2 Å². The molecule has 0 heterocycles. The van der Waals surface area contributed by atoms with Gasteiger partial charge in [-0.1, -0.05) is 34.6 Å². The summed E-state index contributed by atoms with van der Waals surface area (Å²) in [5.41, 5.74) is 2.87. The summed E-state index contributed by atoms with van der Waals surface area (Å²) < 4.78 is 0. The second kappa shape index (κ2) is 8.97. The molecule has 1 aromatic rings. The number of carbonyl (C=O) groups excluding carboxylic acids is 2. The van der Waals surface area contributed by atoms with Crippen LogP contribution in [0.3, 0.4) is 0 Å². The zero-order valence-corrected chi connectivity index (χ0v) is 18.6. The highest BCUT2D eigenvalue weighted by atomic mass is 16.2. The highest BCUT2D eigenvalue weighted by Crippen LogP contribution is 2.33. The van der Waals surface area contributed by atoms with Crippen LogP contribution in [0.4, 0.5) is 11.4 Å². The number of carbonyl (C=O) groups is 2. The fraction of sp³-hybridized carbons (Fsp3) is 0.652. The average molecular weight is 388 g/mol. The fourth-order valence-corrected chi connectivity index (χ4v) is 3.38. The molecule has 5 nitrogen and oxygen atoms in total. The van der Waals surface area contributed by atoms with Gasteiger partial charge < -0.3 is 15.1 Å². The molecule has 0 saturated heterocycles. The van der Waals surface area contributed by atoms with E-state index >= 15 is 0 Å². The molecule has 1 saturated carbocycles. The van der Waals surface area contributed by atoms with Crippen LogP contribution in [0.15, 0.2) is 18.2 Å². The molecule has 2 amide bonds. The van der Waals surface area contributed by atoms with Crippen molar-refractivity contribution in [3.8, 4) is 0 Å². The predicted octanol–water partition coefficient (Wildman–Crippen LogP) is 4.52. The monoisotopic (exact) mass is 387 g/mol. The number of hydrogen-bond acceptors (Lipinski definition) is 3. The molecule has 2 rings (SSSR count). The van der Waals surface area contributed by atoms with Gasteiger partial charge in [0.1, 0.15) is 0 Å². The third-order valence-electron chi connectivity index (χ3n) is 4.72. The third-order valence-corrected chi connectivity index (χ3v) is 4.72. The van der Waals surface area contributed by atoms with Gasteiger partial charge in [-0.3, -0.25) is 9.59 Å². The van der Waals surface area contributed by atoms with Crippen molar-refractivity contribution in [2.24, 2.45) is 17.3 Å². The van der Waals surface area contributed by atoms with Gasteiger partial charge in [0, 0.05) is 50.9 Å². The Morgan fingerprint density at radius 2 is 1.82 bits per heavy atom. The SMILES string of the molecule is CC(C)CN(Cc1cc(NC(=O)CC(C)(C)C)ccc1N(C)C)C(=O)C1CC1. The number of nitrogens with one attached hydrogen (secondary N) is 1. The summed E-state index contributed by atoms with van der Waals surface area (Å²) in [6.07, 6.45) is 2.49. The minimum atomic E-state index is -0.0543. The minimum absolute atomic E-state index is 0.0177. The van der Waals surface area contributed by atoms with Crippen LogP contribution in [-0.4, -0.2) is 37.4 Å². The Hall–Kier alpha value is -2.04. The fourth-order valence-electron chi connectivity index (χ4n) is 3.38. The minimum Gasteiger partial charge on any atom is -0.377 e. The molecule has 156 valence electrons. The summed E-state index contributed by atoms with van der Waals surface area (Å²) in [5.74, 6) is 0.904. The van der Waals surface area contributed by atoms with Crippen LogP contribution >= 0.6 is 0 Å². The van der Waals surface area contributed by atoms with E-state index in [4.69, 9.17) is 0 Å². The van der Waals surface area contributed by atoms with Crippen LogP contribution in [0, 0.1) is 17.3 Å². The van der Waals surface area contributed by atoms with Crippen molar-refractivity contribution in [1.82, 2.24) is 4.90 Å². The number of hydrogen-bond donors (Lipinski definition) is 1. The summed E-state index contributed by atoms with van der Waals surface area (Å²) in [7, 11) is 4.01. The molecule has 0 aromatic heterocycles. The van der Waals surface area contributed by atoms with Crippen molar-refractivity contribution in [3.63, 3.8) is 0 Å². The van der Waals surface area contributed by atoms with Crippen molar-refractivity contribution in [1.29, 1.82) is 0 Å². The van der Waals surface area contributed by atoms with Crippen LogP contribution in [-0.2, 0) is 16.1 Å². The Kier molecular flexibility index (Phi) is 7.13. The number of anilines is 2. The Labute approximate surface area is 170 Å². The first-order valence-corrected chi connectivity index (χ1v) is 10.3. The summed E-state index contributed by atoms with van der Waals surface area (Å²) in [6, 6.07) is 5.98. The topological polar surface area (TPSA) is 52.7 Å². The number of nitrogens with zero attached hydrogens (tertiary/aromatic N) is 2. The summed E-state index contributed by atoms with van der Waals surface area (Å²) in [4.78, 5) is 29.2. The average Bonchev–Trinajstić information content (AvgIpc) is 3.35. The molecular weight excluding hydrogens is 350 g/mol. The van der Waals surface area contributed by atoms with Gasteiger partial charge >= 0.3 is 0 Å². The van der Waals surface area contributed by atoms with Gasteiger partial charge in [0.15, 0.2) is 0 Å². The second-order valence-corrected chi connectivity index (χ2v) is 9.91. The van der Waals surface area contributed by atoms with E-state index in [1.165, 1.54) is 0 Å². The molecular formula is C23H37N3O2. The van der Waals surface area contributed by atoms with Crippen LogP contribution in [0.25, 0.3) is 0 Å². The summed E-state index contributed by atoms with van der Waals surface area (Å²) >= 11 is 0. The maximum absolute atomic E-state index is 12.8. The molecule has 5 heteroatoms. The first-order valence-electron chi connectivity index (χ1n) is 10.3. The Morgan fingerprint density at radius 3 is 2.32 bits per heavy atom. The molecule has 0 aliphatic heterocycles. The lowest BCUT2D eigenvalue weighted by Gasteiger charge is -2.28. The molecule has 0 radical (unpaired) electrons. The van der Waals surface area contributed by atoms with Gasteiger partial charge in [-0.15, -0.1) is 0 Å². The van der Waals surface area contributed by atoms with Crippen LogP contribution < -0.4 is 10.2 Å². The van der Waals surface area contributed by atoms with E-state index < -0.39 is 0 Å². The van der Waals surface area contributed by atoms with Gasteiger partial charge in [-0.05, 0) is 47.9 Å². The zero-order valence-electron chi connectivity index (χ0n) is 18.6. The molecule has 1 aromatic carbocycles. The predicted molar refractivity (Wildman–Crippen MR) is 116 cm³/mol. The summed E-state index contributed by atoms with van der Waals surface area (Å²) in [5, 5.41) is 3.02. The number of rotatable bonds is 8. The Morgan fingerprint density at radius 1 is 1.18 bits per heavy atom. The first kappa shape index (κ1) is 22.3. The molecule has 0 spiro atoms. The highest BCUT2D eigenvalue weighted by molar-refractivity contribution is 5.91. The quantitative estimate of drug-likeness (QED) is 0.713. The van der Waals surface area contributed by atoms with Crippen molar-refractivity contribution in [2.75, 3.05) is 30.9 Å². The van der Waals surface area contributed by atoms with Crippen molar-refractivity contribution in [2.45, 2.75) is 60.4 Å². The van der Waals surface area contributed by atoms with E-state index in [9.17, 15) is 9.59 Å². The lowest BCUT2D eigenvalue weighted by molar-refractivity contribution is -0.133. The van der Waals surface area contributed by atoms with Crippen LogP contribution in [0.2, 0.25) is 0 Å². The lowest BCUT2D eigenvalue weighted by atomic mass is 9.92. The van der Waals surface area contributed by atoms with E-state index in [-0.39, 0.29) is 23.1 Å². The number of benzene rings is 1.